The first-order chi connectivity index (χ1) is 10.2. The fraction of sp³-hybridized carbons (Fsp3) is 0.267. The Bertz CT molecular complexity index is 835. The molecular formula is C15H16N4O2. The molecule has 0 aliphatic heterocycles. The van der Waals surface area contributed by atoms with E-state index in [0.717, 1.165) is 12.0 Å². The quantitative estimate of drug-likeness (QED) is 0.799. The molecule has 2 aromatic heterocycles. The zero-order chi connectivity index (χ0) is 14.8. The Morgan fingerprint density at radius 1 is 1.33 bits per heavy atom. The number of hydrogen-bond donors (Lipinski definition) is 1. The number of ether oxygens (including phenoxy) is 1. The van der Waals surface area contributed by atoms with Gasteiger partial charge in [-0.15, -0.1) is 0 Å². The Morgan fingerprint density at radius 2 is 2.14 bits per heavy atom. The minimum atomic E-state index is -0.164. The Hall–Kier alpha value is -2.63. The second kappa shape index (κ2) is 5.40. The summed E-state index contributed by atoms with van der Waals surface area (Å²) in [6.07, 6.45) is 2.28. The molecule has 0 unspecified atom stereocenters. The van der Waals surface area contributed by atoms with Gasteiger partial charge in [0.25, 0.3) is 5.56 Å². The summed E-state index contributed by atoms with van der Waals surface area (Å²) in [5.74, 6) is 0.684. The predicted molar refractivity (Wildman–Crippen MR) is 79.7 cm³/mol. The molecule has 3 aromatic rings. The molecular weight excluding hydrogens is 268 g/mol. The SMILES string of the molecule is CCCn1c(Oc2ccccc2C)nc2nc[nH]c2c1=O. The lowest BCUT2D eigenvalue weighted by Gasteiger charge is -2.12. The van der Waals surface area contributed by atoms with E-state index in [-0.39, 0.29) is 11.6 Å². The van der Waals surface area contributed by atoms with Gasteiger partial charge >= 0.3 is 6.01 Å². The molecule has 6 heteroatoms. The number of H-pyrrole nitrogens is 1. The van der Waals surface area contributed by atoms with Crippen molar-refractivity contribution in [1.29, 1.82) is 0 Å². The number of aromatic nitrogens is 4. The zero-order valence-electron chi connectivity index (χ0n) is 12.0. The van der Waals surface area contributed by atoms with Crippen molar-refractivity contribution in [1.82, 2.24) is 19.5 Å². The third kappa shape index (κ3) is 2.40. The van der Waals surface area contributed by atoms with Crippen LogP contribution in [0.4, 0.5) is 0 Å². The van der Waals surface area contributed by atoms with Gasteiger partial charge in [-0.25, -0.2) is 4.98 Å². The van der Waals surface area contributed by atoms with E-state index >= 15 is 0 Å². The largest absolute Gasteiger partial charge is 0.425 e. The van der Waals surface area contributed by atoms with E-state index in [0.29, 0.717) is 23.5 Å². The minimum Gasteiger partial charge on any atom is -0.425 e. The molecule has 0 bridgehead atoms. The van der Waals surface area contributed by atoms with Crippen LogP contribution >= 0.6 is 0 Å². The molecule has 0 spiro atoms. The van der Waals surface area contributed by atoms with Gasteiger partial charge in [0.15, 0.2) is 11.2 Å². The van der Waals surface area contributed by atoms with Crippen LogP contribution in [0.25, 0.3) is 11.2 Å². The molecule has 0 amide bonds. The van der Waals surface area contributed by atoms with E-state index in [1.54, 1.807) is 0 Å². The fourth-order valence-electron chi connectivity index (χ4n) is 2.17. The smallest absolute Gasteiger partial charge is 0.306 e. The molecule has 6 nitrogen and oxygen atoms in total. The van der Waals surface area contributed by atoms with Gasteiger partial charge in [-0.05, 0) is 25.0 Å². The molecule has 0 atom stereocenters. The maximum Gasteiger partial charge on any atom is 0.306 e. The lowest BCUT2D eigenvalue weighted by Crippen LogP contribution is -2.23. The van der Waals surface area contributed by atoms with E-state index < -0.39 is 0 Å². The molecule has 0 fully saturated rings. The topological polar surface area (TPSA) is 72.8 Å². The van der Waals surface area contributed by atoms with Crippen molar-refractivity contribution in [3.05, 3.63) is 46.5 Å². The van der Waals surface area contributed by atoms with Crippen molar-refractivity contribution >= 4 is 11.2 Å². The van der Waals surface area contributed by atoms with Crippen molar-refractivity contribution in [2.45, 2.75) is 26.8 Å². The Kier molecular flexibility index (Phi) is 3.43. The highest BCUT2D eigenvalue weighted by Crippen LogP contribution is 2.23. The van der Waals surface area contributed by atoms with Gasteiger partial charge in [-0.2, -0.15) is 4.98 Å². The first kappa shape index (κ1) is 13.4. The highest BCUT2D eigenvalue weighted by atomic mass is 16.5. The van der Waals surface area contributed by atoms with E-state index in [9.17, 15) is 4.79 Å². The first-order valence-corrected chi connectivity index (χ1v) is 6.88. The second-order valence-corrected chi connectivity index (χ2v) is 4.82. The van der Waals surface area contributed by atoms with E-state index in [2.05, 4.69) is 15.0 Å². The number of fused-ring (bicyclic) bond motifs is 1. The van der Waals surface area contributed by atoms with Crippen LogP contribution in [-0.4, -0.2) is 19.5 Å². The van der Waals surface area contributed by atoms with Crippen LogP contribution in [0.3, 0.4) is 0 Å². The number of hydrogen-bond acceptors (Lipinski definition) is 4. The summed E-state index contributed by atoms with van der Waals surface area (Å²) >= 11 is 0. The number of para-hydroxylation sites is 1. The van der Waals surface area contributed by atoms with E-state index in [1.165, 1.54) is 10.9 Å². The maximum atomic E-state index is 12.4. The summed E-state index contributed by atoms with van der Waals surface area (Å²) in [6, 6.07) is 7.90. The highest BCUT2D eigenvalue weighted by Gasteiger charge is 2.14. The van der Waals surface area contributed by atoms with Crippen molar-refractivity contribution in [2.24, 2.45) is 0 Å². The Labute approximate surface area is 121 Å². The molecule has 0 aliphatic carbocycles. The van der Waals surface area contributed by atoms with Crippen LogP contribution in [0.1, 0.15) is 18.9 Å². The summed E-state index contributed by atoms with van der Waals surface area (Å²) in [5, 5.41) is 0. The molecule has 108 valence electrons. The number of aromatic amines is 1. The lowest BCUT2D eigenvalue weighted by molar-refractivity contribution is 0.396. The number of benzene rings is 1. The number of nitrogens with one attached hydrogen (secondary N) is 1. The Balaban J connectivity index is 2.14. The van der Waals surface area contributed by atoms with E-state index in [1.807, 2.05) is 38.1 Å². The summed E-state index contributed by atoms with van der Waals surface area (Å²) in [7, 11) is 0. The summed E-state index contributed by atoms with van der Waals surface area (Å²) in [6.45, 7) is 4.49. The number of imidazole rings is 1. The van der Waals surface area contributed by atoms with Gasteiger partial charge < -0.3 is 9.72 Å². The van der Waals surface area contributed by atoms with Gasteiger partial charge in [0.1, 0.15) is 5.75 Å². The molecule has 1 N–H and O–H groups in total. The van der Waals surface area contributed by atoms with E-state index in [4.69, 9.17) is 4.74 Å². The van der Waals surface area contributed by atoms with Gasteiger partial charge in [-0.3, -0.25) is 9.36 Å². The molecule has 1 aromatic carbocycles. The second-order valence-electron chi connectivity index (χ2n) is 4.82. The summed E-state index contributed by atoms with van der Waals surface area (Å²) < 4.78 is 7.38. The highest BCUT2D eigenvalue weighted by molar-refractivity contribution is 5.68. The van der Waals surface area contributed by atoms with Gasteiger partial charge in [0.05, 0.1) is 6.33 Å². The van der Waals surface area contributed by atoms with Crippen LogP contribution in [0.15, 0.2) is 35.4 Å². The van der Waals surface area contributed by atoms with Gasteiger partial charge in [0.2, 0.25) is 0 Å². The molecule has 0 aliphatic rings. The lowest BCUT2D eigenvalue weighted by atomic mass is 10.2. The predicted octanol–water partition coefficient (Wildman–Crippen LogP) is 2.63. The first-order valence-electron chi connectivity index (χ1n) is 6.88. The molecule has 0 radical (unpaired) electrons. The number of aryl methyl sites for hydroxylation is 1. The Morgan fingerprint density at radius 3 is 2.90 bits per heavy atom. The van der Waals surface area contributed by atoms with Crippen molar-refractivity contribution < 1.29 is 4.74 Å². The monoisotopic (exact) mass is 284 g/mol. The van der Waals surface area contributed by atoms with Crippen molar-refractivity contribution in [3.63, 3.8) is 0 Å². The van der Waals surface area contributed by atoms with Crippen molar-refractivity contribution in [3.8, 4) is 11.8 Å². The molecule has 0 saturated heterocycles. The number of nitrogens with zero attached hydrogens (tertiary/aromatic N) is 3. The summed E-state index contributed by atoms with van der Waals surface area (Å²) in [5.41, 5.74) is 1.59. The van der Waals surface area contributed by atoms with Crippen LogP contribution < -0.4 is 10.3 Å². The van der Waals surface area contributed by atoms with Crippen LogP contribution in [0.2, 0.25) is 0 Å². The van der Waals surface area contributed by atoms with Crippen LogP contribution in [-0.2, 0) is 6.54 Å². The third-order valence-corrected chi connectivity index (χ3v) is 3.25. The molecule has 2 heterocycles. The standard InChI is InChI=1S/C15H16N4O2/c1-3-8-19-14(20)12-13(17-9-16-12)18-15(19)21-11-7-5-4-6-10(11)2/h4-7,9H,3,8H2,1-2H3,(H,16,17). The summed E-state index contributed by atoms with van der Waals surface area (Å²) in [4.78, 5) is 23.7. The third-order valence-electron chi connectivity index (χ3n) is 3.25. The van der Waals surface area contributed by atoms with Gasteiger partial charge in [0, 0.05) is 6.54 Å². The zero-order valence-corrected chi connectivity index (χ0v) is 12.0. The normalized spacial score (nSPS) is 11.0. The minimum absolute atomic E-state index is 0.164. The van der Waals surface area contributed by atoms with Crippen LogP contribution in [0, 0.1) is 6.92 Å². The molecule has 21 heavy (non-hydrogen) atoms. The molecule has 0 saturated carbocycles. The number of rotatable bonds is 4. The average Bonchev–Trinajstić information content (AvgIpc) is 2.94. The molecule has 3 rings (SSSR count). The van der Waals surface area contributed by atoms with Gasteiger partial charge in [-0.1, -0.05) is 25.1 Å². The fourth-order valence-corrected chi connectivity index (χ4v) is 2.17. The maximum absolute atomic E-state index is 12.4. The van der Waals surface area contributed by atoms with Crippen molar-refractivity contribution in [2.75, 3.05) is 0 Å². The van der Waals surface area contributed by atoms with Crippen LogP contribution in [0.5, 0.6) is 11.8 Å². The average molecular weight is 284 g/mol.